The lowest BCUT2D eigenvalue weighted by molar-refractivity contribution is -0.140. The lowest BCUT2D eigenvalue weighted by Gasteiger charge is -2.31. The van der Waals surface area contributed by atoms with Gasteiger partial charge in [-0.25, -0.2) is 13.6 Å². The van der Waals surface area contributed by atoms with E-state index in [0.717, 1.165) is 80.4 Å². The third-order valence-electron chi connectivity index (χ3n) is 9.56. The number of primary sulfonamides is 1. The molecule has 10 nitrogen and oxygen atoms in total. The molecule has 298 valence electrons. The van der Waals surface area contributed by atoms with Crippen LogP contribution in [0.5, 0.6) is 5.75 Å². The van der Waals surface area contributed by atoms with E-state index in [1.807, 2.05) is 97.1 Å². The summed E-state index contributed by atoms with van der Waals surface area (Å²) in [7, 11) is -3.66. The molecule has 0 unspecified atom stereocenters. The van der Waals surface area contributed by atoms with Crippen molar-refractivity contribution in [2.75, 3.05) is 26.3 Å². The van der Waals surface area contributed by atoms with E-state index in [-0.39, 0.29) is 17.3 Å². The number of hydrogen-bond donors (Lipinski definition) is 6. The molecule has 0 amide bonds. The Balaban J connectivity index is 0.000000271. The number of aliphatic hydroxyl groups excluding tert-OH is 2. The molecule has 0 saturated heterocycles. The molecule has 0 fully saturated rings. The average Bonchev–Trinajstić information content (AvgIpc) is 3.21. The number of hydrogen-bond acceptors (Lipinski definition) is 8. The number of aryl methyl sites for hydroxylation is 1. The molecule has 5 aromatic carbocycles. The van der Waals surface area contributed by atoms with Crippen LogP contribution >= 0.6 is 0 Å². The molecule has 0 saturated carbocycles. The van der Waals surface area contributed by atoms with Gasteiger partial charge in [0, 0.05) is 25.3 Å². The summed E-state index contributed by atoms with van der Waals surface area (Å²) in [5.74, 6) is -0.848. The van der Waals surface area contributed by atoms with Gasteiger partial charge in [-0.05, 0) is 90.7 Å². The topological polar surface area (TPSA) is 179 Å². The summed E-state index contributed by atoms with van der Waals surface area (Å²) in [6.07, 6.45) is 6.16. The molecule has 0 aromatic heterocycles. The molecular formula is C45H54N2O8S. The number of phenols is 1. The maximum Gasteiger partial charge on any atom is 0.323 e. The summed E-state index contributed by atoms with van der Waals surface area (Å²) >= 11 is 0. The predicted octanol–water partition coefficient (Wildman–Crippen LogP) is 6.86. The van der Waals surface area contributed by atoms with Gasteiger partial charge in [-0.15, -0.1) is 0 Å². The van der Waals surface area contributed by atoms with Crippen molar-refractivity contribution in [3.05, 3.63) is 167 Å². The van der Waals surface area contributed by atoms with Crippen molar-refractivity contribution in [3.8, 4) is 5.75 Å². The largest absolute Gasteiger partial charge is 0.508 e. The van der Waals surface area contributed by atoms with Crippen LogP contribution < -0.4 is 10.5 Å². The molecule has 0 spiro atoms. The van der Waals surface area contributed by atoms with E-state index < -0.39 is 27.5 Å². The smallest absolute Gasteiger partial charge is 0.323 e. The Bertz CT molecular complexity index is 1920. The fourth-order valence-electron chi connectivity index (χ4n) is 6.55. The number of nitrogens with one attached hydrogen (secondary N) is 1. The van der Waals surface area contributed by atoms with E-state index in [4.69, 9.17) is 9.88 Å². The number of unbranched alkanes of at least 4 members (excludes halogenated alkanes) is 4. The lowest BCUT2D eigenvalue weighted by Crippen LogP contribution is -2.38. The first-order valence-electron chi connectivity index (χ1n) is 19.0. The third-order valence-corrected chi connectivity index (χ3v) is 10.5. The van der Waals surface area contributed by atoms with Gasteiger partial charge in [0.1, 0.15) is 11.2 Å². The van der Waals surface area contributed by atoms with Crippen molar-refractivity contribution in [3.63, 3.8) is 0 Å². The van der Waals surface area contributed by atoms with Crippen molar-refractivity contribution in [1.29, 1.82) is 0 Å². The van der Waals surface area contributed by atoms with E-state index in [0.29, 0.717) is 24.3 Å². The number of carbonyl (C=O) groups is 1. The van der Waals surface area contributed by atoms with Crippen LogP contribution in [-0.4, -0.2) is 61.1 Å². The number of carboxylic acids is 1. The first kappa shape index (κ1) is 43.8. The molecule has 0 aliphatic carbocycles. The Hall–Kier alpha value is -4.88. The number of ether oxygens (including phenoxy) is 1. The highest BCUT2D eigenvalue weighted by Gasteiger charge is 2.43. The number of carboxylic acid groups (broad SMARTS) is 1. The summed E-state index contributed by atoms with van der Waals surface area (Å²) < 4.78 is 28.5. The van der Waals surface area contributed by atoms with Crippen LogP contribution in [-0.2, 0) is 38.0 Å². The summed E-state index contributed by atoms with van der Waals surface area (Å²) in [6.45, 7) is 2.41. The molecule has 5 aromatic rings. The van der Waals surface area contributed by atoms with E-state index in [2.05, 4.69) is 5.32 Å². The highest BCUT2D eigenvalue weighted by Crippen LogP contribution is 2.39. The average molecular weight is 783 g/mol. The zero-order valence-corrected chi connectivity index (χ0v) is 32.5. The number of sulfonamides is 1. The van der Waals surface area contributed by atoms with E-state index in [1.54, 1.807) is 24.3 Å². The lowest BCUT2D eigenvalue weighted by atomic mass is 9.69. The van der Waals surface area contributed by atoms with Gasteiger partial charge in [0.25, 0.3) is 0 Å². The van der Waals surface area contributed by atoms with Crippen LogP contribution in [0.3, 0.4) is 0 Å². The van der Waals surface area contributed by atoms with E-state index >= 15 is 0 Å². The standard InChI is InChI=1S/C25H38N2O6S.C20H16O2/c26-34(31,32)23-10-7-9-20(16-23)8-3-6-15-33-14-5-2-1-4-13-27-18-25(30)21-11-12-24(29)22(17-21)19-28;21-19(22)20(16-10-4-1-5-11-16,17-12-6-2-7-13-17)18-14-8-3-9-15-18/h7,9-12,16-17,25,27-30H,1-6,8,13-15,18-19H2,(H2,26,31,32);1-15H,(H,21,22)/t25-;/m0./s1. The van der Waals surface area contributed by atoms with Crippen LogP contribution in [0.15, 0.2) is 138 Å². The minimum atomic E-state index is -3.66. The Morgan fingerprint density at radius 1 is 0.714 bits per heavy atom. The maximum absolute atomic E-state index is 12.4. The van der Waals surface area contributed by atoms with Crippen molar-refractivity contribution < 1.29 is 38.4 Å². The van der Waals surface area contributed by atoms with Crippen molar-refractivity contribution in [2.24, 2.45) is 5.14 Å². The van der Waals surface area contributed by atoms with Gasteiger partial charge < -0.3 is 30.5 Å². The Morgan fingerprint density at radius 2 is 1.27 bits per heavy atom. The molecule has 0 heterocycles. The van der Waals surface area contributed by atoms with Crippen LogP contribution in [0.4, 0.5) is 0 Å². The fraction of sp³-hybridized carbons (Fsp3) is 0.311. The number of benzene rings is 5. The molecule has 0 radical (unpaired) electrons. The summed E-state index contributed by atoms with van der Waals surface area (Å²) in [5.41, 5.74) is 3.09. The van der Waals surface area contributed by atoms with Crippen LogP contribution in [0.1, 0.15) is 78.0 Å². The van der Waals surface area contributed by atoms with E-state index in [1.165, 1.54) is 12.1 Å². The number of aliphatic hydroxyl groups is 2. The van der Waals surface area contributed by atoms with Crippen LogP contribution in [0.25, 0.3) is 0 Å². The van der Waals surface area contributed by atoms with Crippen molar-refractivity contribution in [2.45, 2.75) is 68.0 Å². The van der Waals surface area contributed by atoms with Gasteiger partial charge in [-0.3, -0.25) is 4.79 Å². The van der Waals surface area contributed by atoms with Gasteiger partial charge in [0.05, 0.1) is 17.6 Å². The summed E-state index contributed by atoms with van der Waals surface area (Å²) in [4.78, 5) is 12.6. The van der Waals surface area contributed by atoms with Crippen molar-refractivity contribution >= 4 is 16.0 Å². The number of aromatic hydroxyl groups is 1. The zero-order valence-electron chi connectivity index (χ0n) is 31.7. The first-order chi connectivity index (χ1) is 27.1. The molecule has 0 aliphatic rings. The van der Waals surface area contributed by atoms with Gasteiger partial charge >= 0.3 is 5.97 Å². The molecule has 56 heavy (non-hydrogen) atoms. The van der Waals surface area contributed by atoms with Gasteiger partial charge in [-0.1, -0.05) is 122 Å². The van der Waals surface area contributed by atoms with Crippen LogP contribution in [0.2, 0.25) is 0 Å². The van der Waals surface area contributed by atoms with E-state index in [9.17, 15) is 33.6 Å². The monoisotopic (exact) mass is 782 g/mol. The SMILES string of the molecule is NS(=O)(=O)c1cccc(CCCCOCCCCCCNC[C@H](O)c2ccc(O)c(CO)c2)c1.O=C(O)C(c1ccccc1)(c1ccccc1)c1ccccc1. The van der Waals surface area contributed by atoms with Gasteiger partial charge in [-0.2, -0.15) is 0 Å². The summed E-state index contributed by atoms with van der Waals surface area (Å²) in [5, 5.41) is 47.6. The molecule has 11 heteroatoms. The highest BCUT2D eigenvalue weighted by atomic mass is 32.2. The molecule has 5 rings (SSSR count). The Morgan fingerprint density at radius 3 is 1.80 bits per heavy atom. The summed E-state index contributed by atoms with van der Waals surface area (Å²) in [6, 6.07) is 39.7. The van der Waals surface area contributed by atoms with Gasteiger partial charge in [0.2, 0.25) is 10.0 Å². The quantitative estimate of drug-likeness (QED) is 0.0343. The number of rotatable bonds is 21. The Kier molecular flexibility index (Phi) is 17.7. The minimum absolute atomic E-state index is 0.0310. The predicted molar refractivity (Wildman–Crippen MR) is 219 cm³/mol. The zero-order chi connectivity index (χ0) is 40.2. The second-order valence-electron chi connectivity index (χ2n) is 13.6. The molecule has 1 atom stereocenters. The van der Waals surface area contributed by atoms with Gasteiger partial charge in [0.15, 0.2) is 0 Å². The normalized spacial score (nSPS) is 12.1. The second kappa shape index (κ2) is 22.6. The highest BCUT2D eigenvalue weighted by molar-refractivity contribution is 7.89. The maximum atomic E-state index is 12.4. The Labute approximate surface area is 330 Å². The molecule has 0 bridgehead atoms. The fourth-order valence-corrected chi connectivity index (χ4v) is 7.14. The van der Waals surface area contributed by atoms with Crippen molar-refractivity contribution in [1.82, 2.24) is 5.32 Å². The number of nitrogens with two attached hydrogens (primary N) is 1. The molecule has 7 N–H and O–H groups in total. The minimum Gasteiger partial charge on any atom is -0.508 e. The number of aliphatic carboxylic acids is 1. The third kappa shape index (κ3) is 12.8. The second-order valence-corrected chi connectivity index (χ2v) is 15.2. The molecule has 0 aliphatic heterocycles. The molecular weight excluding hydrogens is 729 g/mol. The first-order valence-corrected chi connectivity index (χ1v) is 20.5. The van der Waals surface area contributed by atoms with Crippen LogP contribution in [0, 0.1) is 0 Å².